The first kappa shape index (κ1) is 14.2. The molecule has 1 aromatic heterocycles. The number of furan rings is 1. The fourth-order valence-electron chi connectivity index (χ4n) is 2.32. The zero-order chi connectivity index (χ0) is 15.7. The molecule has 1 amide bonds. The molecule has 3 aromatic rings. The van der Waals surface area contributed by atoms with Gasteiger partial charge in [-0.25, -0.2) is 0 Å². The lowest BCUT2D eigenvalue weighted by molar-refractivity contribution is 0.0998. The highest BCUT2D eigenvalue weighted by Crippen LogP contribution is 2.28. The van der Waals surface area contributed by atoms with Crippen LogP contribution in [0.15, 0.2) is 46.9 Å². The highest BCUT2D eigenvalue weighted by molar-refractivity contribution is 6.05. The van der Waals surface area contributed by atoms with Gasteiger partial charge in [0.25, 0.3) is 5.91 Å². The van der Waals surface area contributed by atoms with Crippen LogP contribution in [0.3, 0.4) is 0 Å². The average Bonchev–Trinajstić information content (AvgIpc) is 2.95. The van der Waals surface area contributed by atoms with Gasteiger partial charge in [-0.2, -0.15) is 0 Å². The quantitative estimate of drug-likeness (QED) is 0.783. The maximum absolute atomic E-state index is 12.3. The molecule has 0 aliphatic rings. The second-order valence-corrected chi connectivity index (χ2v) is 5.24. The number of methoxy groups -OCH3 is 1. The van der Waals surface area contributed by atoms with Crippen molar-refractivity contribution >= 4 is 22.6 Å². The molecule has 0 saturated carbocycles. The highest BCUT2D eigenvalue weighted by atomic mass is 16.5. The Labute approximate surface area is 128 Å². The van der Waals surface area contributed by atoms with Crippen LogP contribution in [0, 0.1) is 13.8 Å². The van der Waals surface area contributed by atoms with E-state index in [2.05, 4.69) is 5.32 Å². The summed E-state index contributed by atoms with van der Waals surface area (Å²) in [7, 11) is 1.58. The molecule has 4 nitrogen and oxygen atoms in total. The minimum Gasteiger partial charge on any atom is -0.493 e. The van der Waals surface area contributed by atoms with E-state index < -0.39 is 0 Å². The molecule has 0 unspecified atom stereocenters. The number of benzene rings is 2. The van der Waals surface area contributed by atoms with Gasteiger partial charge in [0.05, 0.1) is 7.11 Å². The zero-order valence-electron chi connectivity index (χ0n) is 12.8. The predicted molar refractivity (Wildman–Crippen MR) is 86.6 cm³/mol. The molecule has 1 heterocycles. The minimum absolute atomic E-state index is 0.262. The summed E-state index contributed by atoms with van der Waals surface area (Å²) in [6.07, 6.45) is 0. The molecule has 4 heteroatoms. The highest BCUT2D eigenvalue weighted by Gasteiger charge is 2.15. The van der Waals surface area contributed by atoms with Crippen LogP contribution in [0.2, 0.25) is 0 Å². The monoisotopic (exact) mass is 295 g/mol. The van der Waals surface area contributed by atoms with E-state index in [9.17, 15) is 4.79 Å². The Morgan fingerprint density at radius 3 is 2.64 bits per heavy atom. The van der Waals surface area contributed by atoms with Crippen molar-refractivity contribution in [3.05, 3.63) is 59.4 Å². The van der Waals surface area contributed by atoms with Gasteiger partial charge >= 0.3 is 0 Å². The Hall–Kier alpha value is -2.75. The molecular formula is C18H17NO3. The van der Waals surface area contributed by atoms with E-state index in [0.717, 1.165) is 16.6 Å². The number of nitrogens with one attached hydrogen (secondary N) is 1. The third-order valence-corrected chi connectivity index (χ3v) is 3.72. The van der Waals surface area contributed by atoms with Gasteiger partial charge in [0.15, 0.2) is 17.1 Å². The molecule has 0 saturated heterocycles. The maximum Gasteiger partial charge on any atom is 0.291 e. The van der Waals surface area contributed by atoms with Crippen molar-refractivity contribution in [1.29, 1.82) is 0 Å². The molecule has 0 aliphatic carbocycles. The van der Waals surface area contributed by atoms with Crippen LogP contribution in [0.4, 0.5) is 5.69 Å². The second kappa shape index (κ2) is 5.56. The average molecular weight is 295 g/mol. The maximum atomic E-state index is 12.3. The summed E-state index contributed by atoms with van der Waals surface area (Å²) in [4.78, 5) is 12.3. The number of para-hydroxylation sites is 1. The largest absolute Gasteiger partial charge is 0.493 e. The van der Waals surface area contributed by atoms with Crippen molar-refractivity contribution in [2.75, 3.05) is 12.4 Å². The minimum atomic E-state index is -0.276. The molecule has 0 fully saturated rings. The first-order valence-electron chi connectivity index (χ1n) is 7.03. The fourth-order valence-corrected chi connectivity index (χ4v) is 2.32. The molecule has 112 valence electrons. The van der Waals surface area contributed by atoms with E-state index in [-0.39, 0.29) is 11.7 Å². The third-order valence-electron chi connectivity index (χ3n) is 3.72. The van der Waals surface area contributed by atoms with Gasteiger partial charge in [-0.15, -0.1) is 0 Å². The molecule has 3 rings (SSSR count). The number of amides is 1. The number of fused-ring (bicyclic) bond motifs is 1. The third kappa shape index (κ3) is 2.55. The van der Waals surface area contributed by atoms with E-state index >= 15 is 0 Å². The van der Waals surface area contributed by atoms with Crippen molar-refractivity contribution in [3.63, 3.8) is 0 Å². The Balaban J connectivity index is 1.90. The van der Waals surface area contributed by atoms with E-state index in [1.165, 1.54) is 5.56 Å². The lowest BCUT2D eigenvalue weighted by atomic mass is 10.1. The summed E-state index contributed by atoms with van der Waals surface area (Å²) in [5, 5.41) is 3.69. The van der Waals surface area contributed by atoms with Crippen LogP contribution in [-0.4, -0.2) is 13.0 Å². The van der Waals surface area contributed by atoms with Crippen LogP contribution in [0.25, 0.3) is 11.0 Å². The molecule has 2 aromatic carbocycles. The van der Waals surface area contributed by atoms with Gasteiger partial charge in [-0.05, 0) is 49.2 Å². The zero-order valence-corrected chi connectivity index (χ0v) is 12.8. The number of ether oxygens (including phenoxy) is 1. The molecule has 0 bridgehead atoms. The molecular weight excluding hydrogens is 278 g/mol. The molecule has 0 spiro atoms. The van der Waals surface area contributed by atoms with E-state index in [4.69, 9.17) is 9.15 Å². The topological polar surface area (TPSA) is 51.5 Å². The van der Waals surface area contributed by atoms with E-state index in [1.807, 2.05) is 44.2 Å². The first-order valence-corrected chi connectivity index (χ1v) is 7.03. The van der Waals surface area contributed by atoms with Gasteiger partial charge in [0.2, 0.25) is 0 Å². The number of rotatable bonds is 3. The summed E-state index contributed by atoms with van der Waals surface area (Å²) in [5.41, 5.74) is 3.64. The van der Waals surface area contributed by atoms with Crippen LogP contribution in [-0.2, 0) is 0 Å². The summed E-state index contributed by atoms with van der Waals surface area (Å²) in [6, 6.07) is 13.1. The predicted octanol–water partition coefficient (Wildman–Crippen LogP) is 4.31. The SMILES string of the molecule is COc1cccc2cc(C(=O)Nc3ccc(C)c(C)c3)oc12. The smallest absolute Gasteiger partial charge is 0.291 e. The number of carbonyl (C=O) groups excluding carboxylic acids is 1. The normalized spacial score (nSPS) is 10.7. The molecule has 22 heavy (non-hydrogen) atoms. The standard InChI is InChI=1S/C18H17NO3/c1-11-7-8-14(9-12(11)2)19-18(20)16-10-13-5-4-6-15(21-3)17(13)22-16/h4-10H,1-3H3,(H,19,20). The number of hydrogen-bond donors (Lipinski definition) is 1. The van der Waals surface area contributed by atoms with Crippen LogP contribution in [0.1, 0.15) is 21.7 Å². The van der Waals surface area contributed by atoms with Crippen LogP contribution in [0.5, 0.6) is 5.75 Å². The fraction of sp³-hybridized carbons (Fsp3) is 0.167. The van der Waals surface area contributed by atoms with Gasteiger partial charge in [0.1, 0.15) is 0 Å². The first-order chi connectivity index (χ1) is 10.6. The lowest BCUT2D eigenvalue weighted by Gasteiger charge is -2.06. The van der Waals surface area contributed by atoms with Crippen molar-refractivity contribution in [3.8, 4) is 5.75 Å². The van der Waals surface area contributed by atoms with Crippen molar-refractivity contribution in [2.45, 2.75) is 13.8 Å². The summed E-state index contributed by atoms with van der Waals surface area (Å²) in [5.74, 6) is 0.599. The number of carbonyl (C=O) groups is 1. The van der Waals surface area contributed by atoms with Crippen molar-refractivity contribution in [2.24, 2.45) is 0 Å². The summed E-state index contributed by atoms with van der Waals surface area (Å²) < 4.78 is 10.9. The Morgan fingerprint density at radius 2 is 1.91 bits per heavy atom. The van der Waals surface area contributed by atoms with Gasteiger partial charge in [0, 0.05) is 11.1 Å². The second-order valence-electron chi connectivity index (χ2n) is 5.24. The van der Waals surface area contributed by atoms with Gasteiger partial charge in [-0.3, -0.25) is 4.79 Å². The van der Waals surface area contributed by atoms with Gasteiger partial charge < -0.3 is 14.5 Å². The Morgan fingerprint density at radius 1 is 1.09 bits per heavy atom. The lowest BCUT2D eigenvalue weighted by Crippen LogP contribution is -2.10. The van der Waals surface area contributed by atoms with E-state index in [0.29, 0.717) is 11.3 Å². The Bertz CT molecular complexity index is 849. The molecule has 0 atom stereocenters. The Kier molecular flexibility index (Phi) is 3.59. The summed E-state index contributed by atoms with van der Waals surface area (Å²) in [6.45, 7) is 4.05. The van der Waals surface area contributed by atoms with E-state index in [1.54, 1.807) is 19.2 Å². The van der Waals surface area contributed by atoms with Crippen LogP contribution >= 0.6 is 0 Å². The van der Waals surface area contributed by atoms with Crippen molar-refractivity contribution < 1.29 is 13.9 Å². The molecule has 0 aliphatic heterocycles. The molecule has 1 N–H and O–H groups in total. The number of aryl methyl sites for hydroxylation is 2. The number of anilines is 1. The van der Waals surface area contributed by atoms with Crippen LogP contribution < -0.4 is 10.1 Å². The number of hydrogen-bond acceptors (Lipinski definition) is 3. The van der Waals surface area contributed by atoms with Crippen molar-refractivity contribution in [1.82, 2.24) is 0 Å². The molecule has 0 radical (unpaired) electrons. The summed E-state index contributed by atoms with van der Waals surface area (Å²) >= 11 is 0. The van der Waals surface area contributed by atoms with Gasteiger partial charge in [-0.1, -0.05) is 18.2 Å².